The standard InChI is InChI=1S/C17H19NO4/c19-15(18-14(16(20)21)10-5-6-10)12-9-17(12)7-8-22-13-4-2-1-3-11(13)17/h1-4,10,12,14H,5-9H2,(H,18,19)(H,20,21)/t12-,14?,17-/m0/s1. The molecule has 2 fully saturated rings. The number of carboxylic acid groups (broad SMARTS) is 1. The minimum absolute atomic E-state index is 0.109. The second-order valence-electron chi connectivity index (χ2n) is 6.67. The Bertz CT molecular complexity index is 639. The SMILES string of the molecule is O=C(O)C(NC(=O)[C@@H]1C[C@]12CCOc1ccccc12)C1CC1. The van der Waals surface area contributed by atoms with E-state index in [2.05, 4.69) is 5.32 Å². The number of benzene rings is 1. The molecular weight excluding hydrogens is 282 g/mol. The summed E-state index contributed by atoms with van der Waals surface area (Å²) in [6, 6.07) is 7.14. The van der Waals surface area contributed by atoms with Gasteiger partial charge in [0.25, 0.3) is 0 Å². The lowest BCUT2D eigenvalue weighted by molar-refractivity contribution is -0.142. The molecule has 5 nitrogen and oxygen atoms in total. The van der Waals surface area contributed by atoms with Crippen LogP contribution in [0, 0.1) is 11.8 Å². The fourth-order valence-electron chi connectivity index (χ4n) is 3.77. The highest BCUT2D eigenvalue weighted by molar-refractivity contribution is 5.89. The van der Waals surface area contributed by atoms with Crippen LogP contribution in [0.3, 0.4) is 0 Å². The van der Waals surface area contributed by atoms with E-state index >= 15 is 0 Å². The van der Waals surface area contributed by atoms with E-state index in [9.17, 15) is 14.7 Å². The Labute approximate surface area is 128 Å². The number of hydrogen-bond acceptors (Lipinski definition) is 3. The molecule has 2 aliphatic carbocycles. The number of amides is 1. The van der Waals surface area contributed by atoms with Gasteiger partial charge in [0.05, 0.1) is 6.61 Å². The largest absolute Gasteiger partial charge is 0.493 e. The summed E-state index contributed by atoms with van der Waals surface area (Å²) in [6.07, 6.45) is 3.40. The van der Waals surface area contributed by atoms with Gasteiger partial charge in [-0.3, -0.25) is 4.79 Å². The van der Waals surface area contributed by atoms with E-state index in [0.29, 0.717) is 6.61 Å². The first-order valence-corrected chi connectivity index (χ1v) is 7.87. The van der Waals surface area contributed by atoms with Gasteiger partial charge >= 0.3 is 5.97 Å². The third kappa shape index (κ3) is 2.07. The summed E-state index contributed by atoms with van der Waals surface area (Å²) in [5.74, 6) is -0.189. The summed E-state index contributed by atoms with van der Waals surface area (Å²) in [6.45, 7) is 0.617. The maximum atomic E-state index is 12.5. The highest BCUT2D eigenvalue weighted by Crippen LogP contribution is 2.60. The second kappa shape index (κ2) is 4.73. The Balaban J connectivity index is 1.52. The molecule has 1 amide bonds. The summed E-state index contributed by atoms with van der Waals surface area (Å²) in [7, 11) is 0. The molecule has 5 heteroatoms. The summed E-state index contributed by atoms with van der Waals surface area (Å²) in [5, 5.41) is 12.0. The summed E-state index contributed by atoms with van der Waals surface area (Å²) in [4.78, 5) is 23.8. The molecule has 1 aromatic rings. The van der Waals surface area contributed by atoms with E-state index in [-0.39, 0.29) is 23.2 Å². The normalized spacial score (nSPS) is 30.1. The van der Waals surface area contributed by atoms with Gasteiger partial charge in [-0.1, -0.05) is 18.2 Å². The quantitative estimate of drug-likeness (QED) is 0.887. The van der Waals surface area contributed by atoms with Gasteiger partial charge in [-0.25, -0.2) is 4.79 Å². The van der Waals surface area contributed by atoms with Crippen LogP contribution in [0.2, 0.25) is 0 Å². The lowest BCUT2D eigenvalue weighted by atomic mass is 9.87. The van der Waals surface area contributed by atoms with Crippen LogP contribution >= 0.6 is 0 Å². The Morgan fingerprint density at radius 2 is 2.09 bits per heavy atom. The minimum atomic E-state index is -0.919. The molecule has 1 heterocycles. The van der Waals surface area contributed by atoms with Crippen molar-refractivity contribution in [3.63, 3.8) is 0 Å². The van der Waals surface area contributed by atoms with Crippen molar-refractivity contribution < 1.29 is 19.4 Å². The molecule has 116 valence electrons. The van der Waals surface area contributed by atoms with Crippen molar-refractivity contribution in [3.05, 3.63) is 29.8 Å². The number of carbonyl (C=O) groups is 2. The number of rotatable bonds is 4. The summed E-state index contributed by atoms with van der Waals surface area (Å²) >= 11 is 0. The second-order valence-corrected chi connectivity index (χ2v) is 6.67. The predicted molar refractivity (Wildman–Crippen MR) is 78.6 cm³/mol. The minimum Gasteiger partial charge on any atom is -0.493 e. The number of para-hydroxylation sites is 1. The number of hydrogen-bond donors (Lipinski definition) is 2. The zero-order valence-electron chi connectivity index (χ0n) is 12.2. The molecule has 1 aliphatic heterocycles. The third-order valence-electron chi connectivity index (χ3n) is 5.28. The molecule has 3 aliphatic rings. The average molecular weight is 301 g/mol. The van der Waals surface area contributed by atoms with Crippen LogP contribution in [-0.2, 0) is 15.0 Å². The Morgan fingerprint density at radius 3 is 2.82 bits per heavy atom. The van der Waals surface area contributed by atoms with Crippen molar-refractivity contribution in [2.24, 2.45) is 11.8 Å². The Morgan fingerprint density at radius 1 is 1.32 bits per heavy atom. The maximum Gasteiger partial charge on any atom is 0.326 e. The van der Waals surface area contributed by atoms with Gasteiger partial charge in [0.1, 0.15) is 11.8 Å². The molecule has 2 N–H and O–H groups in total. The van der Waals surface area contributed by atoms with E-state index in [1.807, 2.05) is 24.3 Å². The van der Waals surface area contributed by atoms with E-state index < -0.39 is 12.0 Å². The lowest BCUT2D eigenvalue weighted by Crippen LogP contribution is -2.44. The topological polar surface area (TPSA) is 75.6 Å². The molecule has 0 aromatic heterocycles. The van der Waals surface area contributed by atoms with Crippen LogP contribution in [0.4, 0.5) is 0 Å². The third-order valence-corrected chi connectivity index (χ3v) is 5.28. The van der Waals surface area contributed by atoms with Crippen molar-refractivity contribution in [3.8, 4) is 5.75 Å². The number of ether oxygens (including phenoxy) is 1. The van der Waals surface area contributed by atoms with Crippen molar-refractivity contribution in [2.75, 3.05) is 6.61 Å². The van der Waals surface area contributed by atoms with E-state index in [0.717, 1.165) is 37.0 Å². The van der Waals surface area contributed by atoms with Gasteiger partial charge in [0.15, 0.2) is 0 Å². The molecule has 1 unspecified atom stereocenters. The molecule has 4 rings (SSSR count). The monoisotopic (exact) mass is 301 g/mol. The van der Waals surface area contributed by atoms with E-state index in [1.165, 1.54) is 0 Å². The maximum absolute atomic E-state index is 12.5. The Kier molecular flexibility index (Phi) is 2.93. The summed E-state index contributed by atoms with van der Waals surface area (Å²) in [5.41, 5.74) is 0.950. The van der Waals surface area contributed by atoms with Crippen molar-refractivity contribution in [1.29, 1.82) is 0 Å². The van der Waals surface area contributed by atoms with Crippen molar-refractivity contribution >= 4 is 11.9 Å². The number of carbonyl (C=O) groups excluding carboxylic acids is 1. The van der Waals surface area contributed by atoms with Crippen LogP contribution in [-0.4, -0.2) is 29.6 Å². The molecule has 22 heavy (non-hydrogen) atoms. The first-order chi connectivity index (χ1) is 10.6. The van der Waals surface area contributed by atoms with Crippen LogP contribution < -0.4 is 10.1 Å². The number of nitrogens with one attached hydrogen (secondary N) is 1. The number of carboxylic acids is 1. The highest BCUT2D eigenvalue weighted by atomic mass is 16.5. The number of aliphatic carboxylic acids is 1. The fourth-order valence-corrected chi connectivity index (χ4v) is 3.77. The van der Waals surface area contributed by atoms with Crippen LogP contribution in [0.25, 0.3) is 0 Å². The molecule has 1 spiro atoms. The summed E-state index contributed by atoms with van der Waals surface area (Å²) < 4.78 is 5.67. The average Bonchev–Trinajstić information content (AvgIpc) is 3.40. The van der Waals surface area contributed by atoms with Crippen LogP contribution in [0.15, 0.2) is 24.3 Å². The highest BCUT2D eigenvalue weighted by Gasteiger charge is 2.61. The Hall–Kier alpha value is -2.04. The first kappa shape index (κ1) is 13.6. The number of fused-ring (bicyclic) bond motifs is 2. The van der Waals surface area contributed by atoms with Gasteiger partial charge in [-0.2, -0.15) is 0 Å². The molecular formula is C17H19NO4. The van der Waals surface area contributed by atoms with Gasteiger partial charge < -0.3 is 15.2 Å². The fraction of sp³-hybridized carbons (Fsp3) is 0.529. The van der Waals surface area contributed by atoms with Gasteiger partial charge in [0, 0.05) is 16.9 Å². The van der Waals surface area contributed by atoms with E-state index in [1.54, 1.807) is 0 Å². The van der Waals surface area contributed by atoms with Gasteiger partial charge in [0.2, 0.25) is 5.91 Å². The smallest absolute Gasteiger partial charge is 0.326 e. The zero-order valence-corrected chi connectivity index (χ0v) is 12.2. The van der Waals surface area contributed by atoms with Crippen molar-refractivity contribution in [2.45, 2.75) is 37.1 Å². The molecule has 2 saturated carbocycles. The molecule has 0 radical (unpaired) electrons. The lowest BCUT2D eigenvalue weighted by Gasteiger charge is -2.27. The van der Waals surface area contributed by atoms with Crippen molar-refractivity contribution in [1.82, 2.24) is 5.32 Å². The van der Waals surface area contributed by atoms with Crippen LogP contribution in [0.1, 0.15) is 31.2 Å². The molecule has 1 aromatic carbocycles. The molecule has 0 bridgehead atoms. The van der Waals surface area contributed by atoms with Gasteiger partial charge in [-0.05, 0) is 37.7 Å². The van der Waals surface area contributed by atoms with Gasteiger partial charge in [-0.15, -0.1) is 0 Å². The predicted octanol–water partition coefficient (Wildman–Crippen LogP) is 1.71. The zero-order chi connectivity index (χ0) is 15.3. The van der Waals surface area contributed by atoms with E-state index in [4.69, 9.17) is 4.74 Å². The first-order valence-electron chi connectivity index (χ1n) is 7.87. The molecule has 3 atom stereocenters. The molecule has 0 saturated heterocycles. The van der Waals surface area contributed by atoms with Crippen LogP contribution in [0.5, 0.6) is 5.75 Å².